The highest BCUT2D eigenvalue weighted by Crippen LogP contribution is 2.15. The molecule has 0 radical (unpaired) electrons. The molecule has 1 amide bonds. The molecule has 2 aromatic rings. The van der Waals surface area contributed by atoms with Crippen LogP contribution in [0.4, 0.5) is 0 Å². The van der Waals surface area contributed by atoms with Gasteiger partial charge in [0, 0.05) is 23.9 Å². The van der Waals surface area contributed by atoms with E-state index in [4.69, 9.17) is 0 Å². The van der Waals surface area contributed by atoms with Gasteiger partial charge in [-0.3, -0.25) is 4.79 Å². The molecule has 2 unspecified atom stereocenters. The number of benzene rings is 1. The van der Waals surface area contributed by atoms with Gasteiger partial charge in [0.15, 0.2) is 0 Å². The number of aromatic nitrogens is 1. The zero-order valence-corrected chi connectivity index (χ0v) is 14.2. The molecule has 0 aliphatic carbocycles. The summed E-state index contributed by atoms with van der Waals surface area (Å²) in [6, 6.07) is 11.1. The first-order chi connectivity index (χ1) is 11.2. The lowest BCUT2D eigenvalue weighted by atomic mass is 10.0. The number of rotatable bonds is 5. The van der Waals surface area contributed by atoms with Gasteiger partial charge in [0.1, 0.15) is 0 Å². The minimum Gasteiger partial charge on any atom is -0.353 e. The molecular formula is C18H23N3OS. The molecule has 1 aliphatic heterocycles. The van der Waals surface area contributed by atoms with Crippen LogP contribution >= 0.6 is 11.3 Å². The zero-order chi connectivity index (χ0) is 16.1. The Kier molecular flexibility index (Phi) is 5.41. The van der Waals surface area contributed by atoms with E-state index in [9.17, 15) is 4.79 Å². The summed E-state index contributed by atoms with van der Waals surface area (Å²) in [5, 5.41) is 9.61. The van der Waals surface area contributed by atoms with Crippen LogP contribution in [0.5, 0.6) is 0 Å². The Morgan fingerprint density at radius 3 is 3.00 bits per heavy atom. The van der Waals surface area contributed by atoms with Crippen molar-refractivity contribution in [3.8, 4) is 0 Å². The van der Waals surface area contributed by atoms with Crippen LogP contribution in [-0.2, 0) is 17.6 Å². The monoisotopic (exact) mass is 329 g/mol. The van der Waals surface area contributed by atoms with Crippen LogP contribution in [0.2, 0.25) is 0 Å². The van der Waals surface area contributed by atoms with Crippen LogP contribution in [-0.4, -0.2) is 29.5 Å². The largest absolute Gasteiger partial charge is 0.353 e. The van der Waals surface area contributed by atoms with Gasteiger partial charge < -0.3 is 10.6 Å². The lowest BCUT2D eigenvalue weighted by molar-refractivity contribution is -0.121. The number of thiazole rings is 1. The molecule has 122 valence electrons. The van der Waals surface area contributed by atoms with Gasteiger partial charge in [0.25, 0.3) is 0 Å². The maximum absolute atomic E-state index is 12.2. The molecular weight excluding hydrogens is 306 g/mol. The van der Waals surface area contributed by atoms with E-state index in [2.05, 4.69) is 34.7 Å². The topological polar surface area (TPSA) is 54.0 Å². The molecule has 5 heteroatoms. The van der Waals surface area contributed by atoms with Crippen LogP contribution in [0, 0.1) is 0 Å². The molecule has 1 aliphatic rings. The van der Waals surface area contributed by atoms with Crippen LogP contribution in [0.15, 0.2) is 35.7 Å². The maximum Gasteiger partial charge on any atom is 0.226 e. The molecule has 2 heterocycles. The third-order valence-electron chi connectivity index (χ3n) is 4.13. The Bertz CT molecular complexity index is 641. The minimum absolute atomic E-state index is 0.0839. The number of carbonyl (C=O) groups is 1. The van der Waals surface area contributed by atoms with Crippen molar-refractivity contribution in [2.75, 3.05) is 6.54 Å². The van der Waals surface area contributed by atoms with Crippen LogP contribution < -0.4 is 10.6 Å². The minimum atomic E-state index is 0.0839. The van der Waals surface area contributed by atoms with Crippen molar-refractivity contribution in [3.05, 3.63) is 52.0 Å². The lowest BCUT2D eigenvalue weighted by Crippen LogP contribution is -2.46. The summed E-state index contributed by atoms with van der Waals surface area (Å²) in [6.07, 6.45) is 3.22. The van der Waals surface area contributed by atoms with Crippen LogP contribution in [0.25, 0.3) is 0 Å². The van der Waals surface area contributed by atoms with Crippen molar-refractivity contribution in [3.63, 3.8) is 0 Å². The van der Waals surface area contributed by atoms with Gasteiger partial charge in [0.2, 0.25) is 5.91 Å². The SMILES string of the molecule is CC1CC(NC(=O)Cc2csc(Cc3ccccc3)n2)CCN1. The summed E-state index contributed by atoms with van der Waals surface area (Å²) < 4.78 is 0. The van der Waals surface area contributed by atoms with Gasteiger partial charge in [-0.25, -0.2) is 4.98 Å². The van der Waals surface area contributed by atoms with E-state index in [1.54, 1.807) is 11.3 Å². The lowest BCUT2D eigenvalue weighted by Gasteiger charge is -2.28. The van der Waals surface area contributed by atoms with Crippen molar-refractivity contribution < 1.29 is 4.79 Å². The fourth-order valence-electron chi connectivity index (χ4n) is 2.99. The molecule has 0 bridgehead atoms. The molecule has 2 N–H and O–H groups in total. The highest BCUT2D eigenvalue weighted by Gasteiger charge is 2.20. The maximum atomic E-state index is 12.2. The zero-order valence-electron chi connectivity index (χ0n) is 13.4. The quantitative estimate of drug-likeness (QED) is 0.886. The summed E-state index contributed by atoms with van der Waals surface area (Å²) in [6.45, 7) is 3.14. The Morgan fingerprint density at radius 2 is 2.22 bits per heavy atom. The van der Waals surface area contributed by atoms with E-state index in [0.29, 0.717) is 18.5 Å². The second-order valence-electron chi connectivity index (χ2n) is 6.22. The predicted octanol–water partition coefficient (Wildman–Crippen LogP) is 2.53. The number of piperidine rings is 1. The van der Waals surface area contributed by atoms with Gasteiger partial charge in [-0.2, -0.15) is 0 Å². The van der Waals surface area contributed by atoms with E-state index in [1.807, 2.05) is 23.6 Å². The third kappa shape index (κ3) is 4.88. The summed E-state index contributed by atoms with van der Waals surface area (Å²) in [7, 11) is 0. The molecule has 1 saturated heterocycles. The molecule has 4 nitrogen and oxygen atoms in total. The summed E-state index contributed by atoms with van der Waals surface area (Å²) in [4.78, 5) is 16.8. The number of carbonyl (C=O) groups excluding carboxylic acids is 1. The molecule has 0 spiro atoms. The van der Waals surface area contributed by atoms with Crippen molar-refractivity contribution >= 4 is 17.2 Å². The molecule has 1 aromatic carbocycles. The van der Waals surface area contributed by atoms with Gasteiger partial charge >= 0.3 is 0 Å². The second kappa shape index (κ2) is 7.70. The van der Waals surface area contributed by atoms with Crippen molar-refractivity contribution in [1.82, 2.24) is 15.6 Å². The Morgan fingerprint density at radius 1 is 1.39 bits per heavy atom. The number of hydrogen-bond acceptors (Lipinski definition) is 4. The van der Waals surface area contributed by atoms with Crippen LogP contribution in [0.1, 0.15) is 36.0 Å². The Hall–Kier alpha value is -1.72. The predicted molar refractivity (Wildman–Crippen MR) is 93.7 cm³/mol. The number of nitrogens with zero attached hydrogens (tertiary/aromatic N) is 1. The van der Waals surface area contributed by atoms with E-state index in [1.165, 1.54) is 5.56 Å². The second-order valence-corrected chi connectivity index (χ2v) is 7.16. The van der Waals surface area contributed by atoms with E-state index in [0.717, 1.165) is 36.5 Å². The molecule has 0 saturated carbocycles. The number of hydrogen-bond donors (Lipinski definition) is 2. The fraction of sp³-hybridized carbons (Fsp3) is 0.444. The molecule has 2 atom stereocenters. The highest BCUT2D eigenvalue weighted by atomic mass is 32.1. The third-order valence-corrected chi connectivity index (χ3v) is 5.03. The van der Waals surface area contributed by atoms with Gasteiger partial charge in [-0.1, -0.05) is 30.3 Å². The highest BCUT2D eigenvalue weighted by molar-refractivity contribution is 7.09. The summed E-state index contributed by atoms with van der Waals surface area (Å²) >= 11 is 1.63. The molecule has 1 aromatic heterocycles. The average molecular weight is 329 g/mol. The van der Waals surface area contributed by atoms with Gasteiger partial charge in [0.05, 0.1) is 17.1 Å². The average Bonchev–Trinajstić information content (AvgIpc) is 2.95. The molecule has 3 rings (SSSR count). The Balaban J connectivity index is 1.51. The smallest absolute Gasteiger partial charge is 0.226 e. The fourth-order valence-corrected chi connectivity index (χ4v) is 3.82. The first kappa shape index (κ1) is 16.1. The summed E-state index contributed by atoms with van der Waals surface area (Å²) in [5.41, 5.74) is 2.13. The first-order valence-corrected chi connectivity index (χ1v) is 9.07. The standard InChI is InChI=1S/C18H23N3OS/c1-13-9-15(7-8-19-13)20-17(22)11-16-12-23-18(21-16)10-14-5-3-2-4-6-14/h2-6,12-13,15,19H,7-11H2,1H3,(H,20,22). The number of amides is 1. The molecule has 1 fully saturated rings. The normalized spacial score (nSPS) is 21.1. The molecule has 23 heavy (non-hydrogen) atoms. The van der Waals surface area contributed by atoms with Gasteiger partial charge in [-0.05, 0) is 31.9 Å². The van der Waals surface area contributed by atoms with Crippen molar-refractivity contribution in [2.24, 2.45) is 0 Å². The first-order valence-electron chi connectivity index (χ1n) is 8.19. The Labute approximate surface area is 141 Å². The van der Waals surface area contributed by atoms with E-state index in [-0.39, 0.29) is 5.91 Å². The van der Waals surface area contributed by atoms with Gasteiger partial charge in [-0.15, -0.1) is 11.3 Å². The van der Waals surface area contributed by atoms with Crippen LogP contribution in [0.3, 0.4) is 0 Å². The number of nitrogens with one attached hydrogen (secondary N) is 2. The summed E-state index contributed by atoms with van der Waals surface area (Å²) in [5.74, 6) is 0.0839. The van der Waals surface area contributed by atoms with Crippen molar-refractivity contribution in [2.45, 2.75) is 44.7 Å². The van der Waals surface area contributed by atoms with E-state index < -0.39 is 0 Å². The van der Waals surface area contributed by atoms with E-state index >= 15 is 0 Å². The van der Waals surface area contributed by atoms with Crippen molar-refractivity contribution in [1.29, 1.82) is 0 Å².